The Kier molecular flexibility index (Phi) is 6.00. The molecule has 3 rings (SSSR count). The number of carbonyl (C=O) groups is 1. The van der Waals surface area contributed by atoms with Gasteiger partial charge in [-0.1, -0.05) is 35.0 Å². The van der Waals surface area contributed by atoms with Crippen LogP contribution in [0.15, 0.2) is 22.2 Å². The Morgan fingerprint density at radius 2 is 2.36 bits per heavy atom. The van der Waals surface area contributed by atoms with Gasteiger partial charge in [0.15, 0.2) is 11.0 Å². The van der Waals surface area contributed by atoms with E-state index in [9.17, 15) is 9.59 Å². The molecule has 1 saturated heterocycles. The highest BCUT2D eigenvalue weighted by Crippen LogP contribution is 2.23. The monoisotopic (exact) mass is 403 g/mol. The van der Waals surface area contributed by atoms with E-state index in [2.05, 4.69) is 20.5 Å². The van der Waals surface area contributed by atoms with Gasteiger partial charge in [0.1, 0.15) is 0 Å². The van der Waals surface area contributed by atoms with Gasteiger partial charge in [-0.25, -0.2) is 14.9 Å². The second-order valence-corrected chi connectivity index (χ2v) is 7.16. The van der Waals surface area contributed by atoms with Crippen LogP contribution in [0.25, 0.3) is 0 Å². The molecule has 134 valence electrons. The highest BCUT2D eigenvalue weighted by atomic mass is 35.5. The second-order valence-electron chi connectivity index (χ2n) is 5.38. The van der Waals surface area contributed by atoms with Crippen molar-refractivity contribution in [3.8, 4) is 0 Å². The number of anilines is 1. The molecule has 1 aliphatic heterocycles. The lowest BCUT2D eigenvalue weighted by atomic mass is 10.2. The number of nitrogens with one attached hydrogen (secondary N) is 2. The van der Waals surface area contributed by atoms with Gasteiger partial charge < -0.3 is 10.1 Å². The average molecular weight is 404 g/mol. The van der Waals surface area contributed by atoms with E-state index in [0.717, 1.165) is 24.6 Å². The topological polar surface area (TPSA) is 102 Å². The van der Waals surface area contributed by atoms with E-state index in [4.69, 9.17) is 27.9 Å². The fraction of sp³-hybridized carbons (Fsp3) is 0.429. The van der Waals surface area contributed by atoms with Gasteiger partial charge in [-0.2, -0.15) is 0 Å². The molecule has 1 fully saturated rings. The van der Waals surface area contributed by atoms with Gasteiger partial charge in [0.2, 0.25) is 5.91 Å². The molecule has 0 aliphatic carbocycles. The molecule has 11 heteroatoms. The zero-order valence-electron chi connectivity index (χ0n) is 13.0. The average Bonchev–Trinajstić information content (AvgIpc) is 3.20. The maximum absolute atomic E-state index is 12.1. The van der Waals surface area contributed by atoms with Crippen LogP contribution < -0.4 is 11.0 Å². The summed E-state index contributed by atoms with van der Waals surface area (Å²) in [4.78, 5) is 27.9. The van der Waals surface area contributed by atoms with E-state index in [1.807, 2.05) is 0 Å². The molecule has 3 heterocycles. The SMILES string of the molecule is O=C(CSc1n[nH]c(=O)n1C[C@@H]1CCCO1)Nc1ncc(Cl)cc1Cl. The van der Waals surface area contributed by atoms with Gasteiger partial charge in [0.05, 0.1) is 28.4 Å². The molecule has 2 N–H and O–H groups in total. The van der Waals surface area contributed by atoms with Gasteiger partial charge in [0.25, 0.3) is 0 Å². The molecule has 0 saturated carbocycles. The number of halogens is 2. The van der Waals surface area contributed by atoms with Crippen molar-refractivity contribution in [1.29, 1.82) is 0 Å². The summed E-state index contributed by atoms with van der Waals surface area (Å²) in [5.74, 6) is -0.0347. The Bertz CT molecular complexity index is 819. The maximum atomic E-state index is 12.1. The van der Waals surface area contributed by atoms with Crippen LogP contribution in [-0.4, -0.2) is 44.1 Å². The molecule has 2 aromatic rings. The predicted molar refractivity (Wildman–Crippen MR) is 95.4 cm³/mol. The number of aromatic amines is 1. The van der Waals surface area contributed by atoms with Crippen molar-refractivity contribution in [3.63, 3.8) is 0 Å². The third-order valence-electron chi connectivity index (χ3n) is 3.53. The summed E-state index contributed by atoms with van der Waals surface area (Å²) in [6, 6.07) is 1.49. The number of rotatable bonds is 6. The summed E-state index contributed by atoms with van der Waals surface area (Å²) in [7, 11) is 0. The molecule has 8 nitrogen and oxygen atoms in total. The van der Waals surface area contributed by atoms with E-state index in [1.165, 1.54) is 16.8 Å². The molecule has 2 aromatic heterocycles. The smallest absolute Gasteiger partial charge is 0.344 e. The minimum absolute atomic E-state index is 0.000510. The van der Waals surface area contributed by atoms with Crippen LogP contribution in [0.4, 0.5) is 5.82 Å². The molecule has 1 atom stereocenters. The Balaban J connectivity index is 1.59. The van der Waals surface area contributed by atoms with Crippen molar-refractivity contribution >= 4 is 46.7 Å². The van der Waals surface area contributed by atoms with Crippen molar-refractivity contribution in [1.82, 2.24) is 19.7 Å². The van der Waals surface area contributed by atoms with Crippen LogP contribution in [0.2, 0.25) is 10.0 Å². The molecule has 0 aromatic carbocycles. The van der Waals surface area contributed by atoms with Gasteiger partial charge in [-0.3, -0.25) is 9.36 Å². The minimum Gasteiger partial charge on any atom is -0.376 e. The molecule has 1 aliphatic rings. The summed E-state index contributed by atoms with van der Waals surface area (Å²) in [6.45, 7) is 1.13. The Morgan fingerprint density at radius 1 is 1.52 bits per heavy atom. The Labute approximate surface area is 157 Å². The molecule has 0 radical (unpaired) electrons. The van der Waals surface area contributed by atoms with Crippen LogP contribution in [0.3, 0.4) is 0 Å². The summed E-state index contributed by atoms with van der Waals surface area (Å²) in [6.07, 6.45) is 3.28. The van der Waals surface area contributed by atoms with E-state index in [1.54, 1.807) is 0 Å². The van der Waals surface area contributed by atoms with Crippen LogP contribution in [0, 0.1) is 0 Å². The molecule has 0 spiro atoms. The predicted octanol–water partition coefficient (Wildman–Crippen LogP) is 2.18. The van der Waals surface area contributed by atoms with E-state index in [-0.39, 0.29) is 34.3 Å². The van der Waals surface area contributed by atoms with Gasteiger partial charge in [0, 0.05) is 12.8 Å². The zero-order chi connectivity index (χ0) is 17.8. The minimum atomic E-state index is -0.319. The first-order valence-corrected chi connectivity index (χ1v) is 9.27. The number of carbonyl (C=O) groups excluding carboxylic acids is 1. The molecule has 25 heavy (non-hydrogen) atoms. The van der Waals surface area contributed by atoms with E-state index < -0.39 is 0 Å². The van der Waals surface area contributed by atoms with Crippen molar-refractivity contribution in [2.75, 3.05) is 17.7 Å². The summed E-state index contributed by atoms with van der Waals surface area (Å²) >= 11 is 12.9. The summed E-state index contributed by atoms with van der Waals surface area (Å²) in [5.41, 5.74) is -0.319. The van der Waals surface area contributed by atoms with Gasteiger partial charge in [-0.05, 0) is 18.9 Å². The van der Waals surface area contributed by atoms with Gasteiger partial charge >= 0.3 is 5.69 Å². The number of H-pyrrole nitrogens is 1. The number of aromatic nitrogens is 4. The van der Waals surface area contributed by atoms with Crippen LogP contribution in [0.1, 0.15) is 12.8 Å². The summed E-state index contributed by atoms with van der Waals surface area (Å²) < 4.78 is 7.03. The van der Waals surface area contributed by atoms with Crippen LogP contribution in [-0.2, 0) is 16.1 Å². The molecule has 1 amide bonds. The quantitative estimate of drug-likeness (QED) is 0.716. The first kappa shape index (κ1) is 18.2. The molecule has 0 bridgehead atoms. The van der Waals surface area contributed by atoms with Crippen LogP contribution in [0.5, 0.6) is 0 Å². The Hall–Kier alpha value is -1.55. The van der Waals surface area contributed by atoms with Crippen molar-refractivity contribution in [2.45, 2.75) is 30.6 Å². The third kappa shape index (κ3) is 4.75. The number of hydrogen-bond donors (Lipinski definition) is 2. The number of pyridine rings is 1. The number of hydrogen-bond acceptors (Lipinski definition) is 6. The van der Waals surface area contributed by atoms with Gasteiger partial charge in [-0.15, -0.1) is 5.10 Å². The zero-order valence-corrected chi connectivity index (χ0v) is 15.3. The molecular weight excluding hydrogens is 389 g/mol. The normalized spacial score (nSPS) is 17.0. The first-order chi connectivity index (χ1) is 12.0. The third-order valence-corrected chi connectivity index (χ3v) is 5.00. The van der Waals surface area contributed by atoms with Crippen molar-refractivity contribution < 1.29 is 9.53 Å². The molecule has 0 unspecified atom stereocenters. The maximum Gasteiger partial charge on any atom is 0.344 e. The lowest BCUT2D eigenvalue weighted by molar-refractivity contribution is -0.113. The number of amides is 1. The second kappa shape index (κ2) is 8.22. The highest BCUT2D eigenvalue weighted by Gasteiger charge is 2.20. The number of thioether (sulfide) groups is 1. The van der Waals surface area contributed by atoms with Crippen molar-refractivity contribution in [3.05, 3.63) is 32.8 Å². The summed E-state index contributed by atoms with van der Waals surface area (Å²) in [5, 5.41) is 10.0. The lowest BCUT2D eigenvalue weighted by Gasteiger charge is -2.11. The first-order valence-electron chi connectivity index (χ1n) is 7.53. The van der Waals surface area contributed by atoms with Crippen LogP contribution >= 0.6 is 35.0 Å². The fourth-order valence-corrected chi connectivity index (χ4v) is 3.55. The largest absolute Gasteiger partial charge is 0.376 e. The van der Waals surface area contributed by atoms with E-state index in [0.29, 0.717) is 23.3 Å². The highest BCUT2D eigenvalue weighted by molar-refractivity contribution is 7.99. The lowest BCUT2D eigenvalue weighted by Crippen LogP contribution is -2.25. The standard InChI is InChI=1S/C14H15Cl2N5O3S/c15-8-4-10(16)12(17-5-8)18-11(22)7-25-14-20-19-13(23)21(14)6-9-2-1-3-24-9/h4-5,9H,1-3,6-7H2,(H,19,23)(H,17,18,22)/t9-/m0/s1. The molecular formula is C14H15Cl2N5O3S. The van der Waals surface area contributed by atoms with E-state index >= 15 is 0 Å². The number of ether oxygens (including phenoxy) is 1. The Morgan fingerprint density at radius 3 is 3.08 bits per heavy atom. The fourth-order valence-electron chi connectivity index (χ4n) is 2.37. The number of nitrogens with zero attached hydrogens (tertiary/aromatic N) is 3. The van der Waals surface area contributed by atoms with Crippen molar-refractivity contribution in [2.24, 2.45) is 0 Å².